The monoisotopic (exact) mass is 317 g/mol. The molecule has 7 nitrogen and oxygen atoms in total. The first-order chi connectivity index (χ1) is 10.8. The Morgan fingerprint density at radius 1 is 1.26 bits per heavy atom. The van der Waals surface area contributed by atoms with Crippen LogP contribution in [0.25, 0.3) is 11.0 Å². The molecule has 0 aliphatic rings. The van der Waals surface area contributed by atoms with Gasteiger partial charge in [-0.05, 0) is 32.4 Å². The molecule has 1 atom stereocenters. The van der Waals surface area contributed by atoms with Gasteiger partial charge in [0.25, 0.3) is 0 Å². The van der Waals surface area contributed by atoms with E-state index < -0.39 is 23.7 Å². The Kier molecular flexibility index (Phi) is 4.78. The summed E-state index contributed by atoms with van der Waals surface area (Å²) in [5.74, 6) is -1.14. The van der Waals surface area contributed by atoms with Crippen LogP contribution in [0, 0.1) is 0 Å². The van der Waals surface area contributed by atoms with Crippen LogP contribution >= 0.6 is 0 Å². The van der Waals surface area contributed by atoms with Crippen molar-refractivity contribution in [2.45, 2.75) is 38.8 Å². The zero-order valence-corrected chi connectivity index (χ0v) is 13.2. The summed E-state index contributed by atoms with van der Waals surface area (Å²) in [4.78, 5) is 31.7. The molecule has 1 unspecified atom stereocenters. The third kappa shape index (κ3) is 4.64. The van der Waals surface area contributed by atoms with Gasteiger partial charge in [0.15, 0.2) is 0 Å². The molecule has 1 amide bonds. The van der Waals surface area contributed by atoms with Crippen molar-refractivity contribution in [1.29, 1.82) is 0 Å². The molecule has 1 aromatic heterocycles. The normalized spacial score (nSPS) is 12.7. The molecule has 2 rings (SSSR count). The van der Waals surface area contributed by atoms with Gasteiger partial charge in [-0.3, -0.25) is 9.97 Å². The average molecular weight is 317 g/mol. The number of carboxylic acids is 1. The minimum Gasteiger partial charge on any atom is -0.480 e. The standard InChI is InChI=1S/C16H19N3O4/c1-16(2,3)23-15(22)19-12(14(20)21)9-10-5-4-6-11-13(10)18-8-7-17-11/h4-8,12H,9H2,1-3H3,(H,19,22)(H,20,21). The summed E-state index contributed by atoms with van der Waals surface area (Å²) in [7, 11) is 0. The number of hydrogen-bond donors (Lipinski definition) is 2. The smallest absolute Gasteiger partial charge is 0.408 e. The van der Waals surface area contributed by atoms with Crippen LogP contribution in [0.2, 0.25) is 0 Å². The number of nitrogens with one attached hydrogen (secondary N) is 1. The maximum absolute atomic E-state index is 11.8. The number of hydrogen-bond acceptors (Lipinski definition) is 5. The van der Waals surface area contributed by atoms with Gasteiger partial charge in [0.1, 0.15) is 11.6 Å². The lowest BCUT2D eigenvalue weighted by Crippen LogP contribution is -2.44. The van der Waals surface area contributed by atoms with Gasteiger partial charge in [-0.1, -0.05) is 12.1 Å². The Hall–Kier alpha value is -2.70. The van der Waals surface area contributed by atoms with Gasteiger partial charge >= 0.3 is 12.1 Å². The molecule has 122 valence electrons. The number of fused-ring (bicyclic) bond motifs is 1. The minimum absolute atomic E-state index is 0.0879. The van der Waals surface area contributed by atoms with Crippen molar-refractivity contribution in [3.05, 3.63) is 36.2 Å². The largest absolute Gasteiger partial charge is 0.480 e. The molecule has 1 aromatic carbocycles. The van der Waals surface area contributed by atoms with Crippen molar-refractivity contribution < 1.29 is 19.4 Å². The number of para-hydroxylation sites is 1. The molecule has 0 radical (unpaired) electrons. The Morgan fingerprint density at radius 2 is 1.96 bits per heavy atom. The van der Waals surface area contributed by atoms with Gasteiger partial charge in [-0.25, -0.2) is 9.59 Å². The highest BCUT2D eigenvalue weighted by molar-refractivity contribution is 5.82. The lowest BCUT2D eigenvalue weighted by Gasteiger charge is -2.22. The fraction of sp³-hybridized carbons (Fsp3) is 0.375. The predicted molar refractivity (Wildman–Crippen MR) is 84.0 cm³/mol. The number of carbonyl (C=O) groups is 2. The summed E-state index contributed by atoms with van der Waals surface area (Å²) in [6.45, 7) is 5.13. The maximum atomic E-state index is 11.8. The number of carbonyl (C=O) groups excluding carboxylic acids is 1. The highest BCUT2D eigenvalue weighted by atomic mass is 16.6. The zero-order valence-electron chi connectivity index (χ0n) is 13.2. The second-order valence-electron chi connectivity index (χ2n) is 6.08. The molecule has 2 N–H and O–H groups in total. The van der Waals surface area contributed by atoms with Crippen LogP contribution in [-0.4, -0.2) is 38.8 Å². The maximum Gasteiger partial charge on any atom is 0.408 e. The SMILES string of the molecule is CC(C)(C)OC(=O)NC(Cc1cccc2nccnc12)C(=O)O. The summed E-state index contributed by atoms with van der Waals surface area (Å²) in [6, 6.07) is 4.23. The van der Waals surface area contributed by atoms with Crippen LogP contribution < -0.4 is 5.32 Å². The Balaban J connectivity index is 2.19. The summed E-state index contributed by atoms with van der Waals surface area (Å²) < 4.78 is 5.10. The molecule has 0 saturated carbocycles. The molecule has 0 fully saturated rings. The molecule has 0 aliphatic carbocycles. The van der Waals surface area contributed by atoms with E-state index in [1.165, 1.54) is 0 Å². The number of ether oxygens (including phenoxy) is 1. The van der Waals surface area contributed by atoms with Crippen molar-refractivity contribution in [2.75, 3.05) is 0 Å². The summed E-state index contributed by atoms with van der Waals surface area (Å²) >= 11 is 0. The van der Waals surface area contributed by atoms with Crippen LogP contribution in [0.1, 0.15) is 26.3 Å². The van der Waals surface area contributed by atoms with Crippen LogP contribution in [-0.2, 0) is 16.0 Å². The van der Waals surface area contributed by atoms with Gasteiger partial charge in [-0.15, -0.1) is 0 Å². The lowest BCUT2D eigenvalue weighted by molar-refractivity contribution is -0.139. The van der Waals surface area contributed by atoms with Crippen LogP contribution in [0.4, 0.5) is 4.79 Å². The van der Waals surface area contributed by atoms with Crippen molar-refractivity contribution >= 4 is 23.1 Å². The Labute approximate surface area is 133 Å². The number of alkyl carbamates (subject to hydrolysis) is 1. The number of amides is 1. The first kappa shape index (κ1) is 16.7. The zero-order chi connectivity index (χ0) is 17.0. The van der Waals surface area contributed by atoms with E-state index in [0.29, 0.717) is 16.6 Å². The quantitative estimate of drug-likeness (QED) is 0.896. The fourth-order valence-corrected chi connectivity index (χ4v) is 2.09. The molecule has 0 saturated heterocycles. The summed E-state index contributed by atoms with van der Waals surface area (Å²) in [6.07, 6.45) is 2.43. The molecule has 0 bridgehead atoms. The highest BCUT2D eigenvalue weighted by Gasteiger charge is 2.25. The third-order valence-corrected chi connectivity index (χ3v) is 3.00. The molecule has 1 heterocycles. The van der Waals surface area contributed by atoms with Crippen molar-refractivity contribution in [2.24, 2.45) is 0 Å². The molecular formula is C16H19N3O4. The Morgan fingerprint density at radius 3 is 2.61 bits per heavy atom. The predicted octanol–water partition coefficient (Wildman–Crippen LogP) is 2.15. The number of aliphatic carboxylic acids is 1. The van der Waals surface area contributed by atoms with Gasteiger partial charge in [0.05, 0.1) is 11.0 Å². The van der Waals surface area contributed by atoms with Crippen LogP contribution in [0.5, 0.6) is 0 Å². The van der Waals surface area contributed by atoms with Gasteiger partial charge in [0.2, 0.25) is 0 Å². The van der Waals surface area contributed by atoms with Crippen LogP contribution in [0.15, 0.2) is 30.6 Å². The van der Waals surface area contributed by atoms with E-state index in [0.717, 1.165) is 0 Å². The average Bonchev–Trinajstić information content (AvgIpc) is 2.44. The summed E-state index contributed by atoms with van der Waals surface area (Å²) in [5.41, 5.74) is 1.29. The minimum atomic E-state index is -1.14. The number of nitrogens with zero attached hydrogens (tertiary/aromatic N) is 2. The van der Waals surface area contributed by atoms with E-state index in [4.69, 9.17) is 4.74 Å². The number of aromatic nitrogens is 2. The summed E-state index contributed by atoms with van der Waals surface area (Å²) in [5, 5.41) is 11.7. The lowest BCUT2D eigenvalue weighted by atomic mass is 10.0. The van der Waals surface area contributed by atoms with Crippen molar-refractivity contribution in [3.8, 4) is 0 Å². The van der Waals surface area contributed by atoms with Crippen molar-refractivity contribution in [1.82, 2.24) is 15.3 Å². The number of benzene rings is 1. The van der Waals surface area contributed by atoms with Crippen molar-refractivity contribution in [3.63, 3.8) is 0 Å². The van der Waals surface area contributed by atoms with E-state index in [2.05, 4.69) is 15.3 Å². The second kappa shape index (κ2) is 6.60. The molecule has 0 spiro atoms. The van der Waals surface area contributed by atoms with Gasteiger partial charge < -0.3 is 15.2 Å². The van der Waals surface area contributed by atoms with E-state index in [9.17, 15) is 14.7 Å². The topological polar surface area (TPSA) is 101 Å². The molecule has 23 heavy (non-hydrogen) atoms. The van der Waals surface area contributed by atoms with Gasteiger partial charge in [-0.2, -0.15) is 0 Å². The Bertz CT molecular complexity index is 719. The second-order valence-corrected chi connectivity index (χ2v) is 6.08. The first-order valence-corrected chi connectivity index (χ1v) is 7.17. The highest BCUT2D eigenvalue weighted by Crippen LogP contribution is 2.16. The van der Waals surface area contributed by atoms with E-state index in [1.54, 1.807) is 51.4 Å². The molecule has 0 aliphatic heterocycles. The third-order valence-electron chi connectivity index (χ3n) is 3.00. The van der Waals surface area contributed by atoms with Gasteiger partial charge in [0, 0.05) is 18.8 Å². The fourth-order valence-electron chi connectivity index (χ4n) is 2.09. The first-order valence-electron chi connectivity index (χ1n) is 7.17. The van der Waals surface area contributed by atoms with Crippen LogP contribution in [0.3, 0.4) is 0 Å². The van der Waals surface area contributed by atoms with E-state index >= 15 is 0 Å². The molecular weight excluding hydrogens is 298 g/mol. The number of carboxylic acid groups (broad SMARTS) is 1. The van der Waals surface area contributed by atoms with E-state index in [1.807, 2.05) is 0 Å². The number of rotatable bonds is 4. The molecule has 7 heteroatoms. The molecule has 2 aromatic rings. The van der Waals surface area contributed by atoms with E-state index in [-0.39, 0.29) is 6.42 Å².